The van der Waals surface area contributed by atoms with Gasteiger partial charge in [-0.2, -0.15) is 11.8 Å². The molecule has 4 nitrogen and oxygen atoms in total. The van der Waals surface area contributed by atoms with Gasteiger partial charge in [-0.05, 0) is 45.8 Å². The van der Waals surface area contributed by atoms with Crippen molar-refractivity contribution >= 4 is 17.7 Å². The molecule has 0 aliphatic carbocycles. The summed E-state index contributed by atoms with van der Waals surface area (Å²) in [5.74, 6) is 0.147. The van der Waals surface area contributed by atoms with Gasteiger partial charge >= 0.3 is 5.97 Å². The Hall–Kier alpha value is -0.260. The average Bonchev–Trinajstić information content (AvgIpc) is 2.23. The minimum Gasteiger partial charge on any atom is -0.480 e. The van der Waals surface area contributed by atoms with E-state index in [0.29, 0.717) is 11.7 Å². The number of nitrogens with one attached hydrogen (secondary N) is 1. The number of carboxylic acid groups (broad SMARTS) is 1. The monoisotopic (exact) mass is 277 g/mol. The number of aliphatic hydroxyl groups is 1. The number of aliphatic carboxylic acids is 1. The van der Waals surface area contributed by atoms with Gasteiger partial charge in [0, 0.05) is 17.9 Å². The van der Waals surface area contributed by atoms with Crippen LogP contribution < -0.4 is 5.32 Å². The van der Waals surface area contributed by atoms with Crippen molar-refractivity contribution in [3.8, 4) is 0 Å². The molecule has 0 saturated carbocycles. The summed E-state index contributed by atoms with van der Waals surface area (Å²) in [7, 11) is 0. The van der Waals surface area contributed by atoms with Crippen LogP contribution in [0.4, 0.5) is 0 Å². The molecule has 0 saturated heterocycles. The van der Waals surface area contributed by atoms with Crippen LogP contribution in [0.3, 0.4) is 0 Å². The molecule has 0 radical (unpaired) electrons. The van der Waals surface area contributed by atoms with E-state index in [9.17, 15) is 9.90 Å². The summed E-state index contributed by atoms with van der Waals surface area (Å²) in [6.07, 6.45) is 2.29. The first kappa shape index (κ1) is 17.7. The van der Waals surface area contributed by atoms with Gasteiger partial charge in [-0.1, -0.05) is 6.92 Å². The largest absolute Gasteiger partial charge is 0.480 e. The van der Waals surface area contributed by atoms with Gasteiger partial charge in [0.25, 0.3) is 0 Å². The van der Waals surface area contributed by atoms with Gasteiger partial charge in [0.05, 0.1) is 0 Å². The summed E-state index contributed by atoms with van der Waals surface area (Å²) in [5.41, 5.74) is -0.838. The minimum atomic E-state index is -0.838. The molecule has 2 atom stereocenters. The summed E-state index contributed by atoms with van der Waals surface area (Å²) in [5, 5.41) is 21.6. The van der Waals surface area contributed by atoms with Gasteiger partial charge in [0.15, 0.2) is 0 Å². The molecule has 108 valence electrons. The predicted molar refractivity (Wildman–Crippen MR) is 77.2 cm³/mol. The minimum absolute atomic E-state index is 0.159. The zero-order chi connectivity index (χ0) is 14.2. The summed E-state index contributed by atoms with van der Waals surface area (Å²) >= 11 is 1.79. The number of hydrogen-bond donors (Lipinski definition) is 3. The second kappa shape index (κ2) is 8.77. The number of thioether (sulfide) groups is 1. The normalized spacial score (nSPS) is 16.6. The van der Waals surface area contributed by atoms with E-state index in [4.69, 9.17) is 5.11 Å². The zero-order valence-corrected chi connectivity index (χ0v) is 12.7. The molecule has 3 N–H and O–H groups in total. The summed E-state index contributed by atoms with van der Waals surface area (Å²) in [6, 6.07) is 0.159. The van der Waals surface area contributed by atoms with Crippen LogP contribution in [-0.4, -0.2) is 45.4 Å². The maximum Gasteiger partial charge on any atom is 0.323 e. The topological polar surface area (TPSA) is 69.6 Å². The highest BCUT2D eigenvalue weighted by molar-refractivity contribution is 7.99. The lowest BCUT2D eigenvalue weighted by Crippen LogP contribution is -2.52. The molecule has 0 rings (SSSR count). The number of aliphatic hydroxyl groups excluding tert-OH is 1. The van der Waals surface area contributed by atoms with E-state index in [1.807, 2.05) is 13.8 Å². The van der Waals surface area contributed by atoms with E-state index in [-0.39, 0.29) is 12.6 Å². The number of rotatable bonds is 10. The Labute approximate surface area is 115 Å². The van der Waals surface area contributed by atoms with Crippen molar-refractivity contribution in [2.45, 2.75) is 63.8 Å². The van der Waals surface area contributed by atoms with Crippen molar-refractivity contribution in [2.75, 3.05) is 12.4 Å². The molecule has 2 unspecified atom stereocenters. The molecule has 0 aliphatic rings. The molecule has 0 fully saturated rings. The first-order valence-corrected chi connectivity index (χ1v) is 7.60. The van der Waals surface area contributed by atoms with Crippen molar-refractivity contribution in [3.05, 3.63) is 0 Å². The molecule has 0 bridgehead atoms. The SMILES string of the molecule is CC(C)NC(C)(CCCSC(C)CCO)C(=O)O. The van der Waals surface area contributed by atoms with Crippen LogP contribution in [0, 0.1) is 0 Å². The van der Waals surface area contributed by atoms with Gasteiger partial charge in [-0.3, -0.25) is 10.1 Å². The molecule has 0 aromatic heterocycles. The molecule has 0 aromatic carbocycles. The maximum absolute atomic E-state index is 11.3. The van der Waals surface area contributed by atoms with E-state index < -0.39 is 11.5 Å². The molecule has 0 spiro atoms. The molecule has 0 aliphatic heterocycles. The Bertz CT molecular complexity index is 248. The highest BCUT2D eigenvalue weighted by Crippen LogP contribution is 2.20. The third-order valence-electron chi connectivity index (χ3n) is 2.84. The quantitative estimate of drug-likeness (QED) is 0.534. The van der Waals surface area contributed by atoms with Crippen LogP contribution in [0.15, 0.2) is 0 Å². The van der Waals surface area contributed by atoms with Crippen molar-refractivity contribution in [1.29, 1.82) is 0 Å². The first-order valence-electron chi connectivity index (χ1n) is 6.55. The fraction of sp³-hybridized carbons (Fsp3) is 0.923. The number of hydrogen-bond acceptors (Lipinski definition) is 4. The van der Waals surface area contributed by atoms with Crippen LogP contribution in [0.1, 0.15) is 47.0 Å². The zero-order valence-electron chi connectivity index (χ0n) is 11.9. The van der Waals surface area contributed by atoms with E-state index in [1.165, 1.54) is 0 Å². The average molecular weight is 277 g/mol. The summed E-state index contributed by atoms with van der Waals surface area (Å²) in [4.78, 5) is 11.3. The van der Waals surface area contributed by atoms with E-state index in [0.717, 1.165) is 18.6 Å². The Morgan fingerprint density at radius 2 is 2.00 bits per heavy atom. The van der Waals surface area contributed by atoms with Crippen LogP contribution >= 0.6 is 11.8 Å². The molecular weight excluding hydrogens is 250 g/mol. The summed E-state index contributed by atoms with van der Waals surface area (Å²) in [6.45, 7) is 7.97. The van der Waals surface area contributed by atoms with Gasteiger partial charge in [-0.25, -0.2) is 0 Å². The Morgan fingerprint density at radius 3 is 2.44 bits per heavy atom. The van der Waals surface area contributed by atoms with Gasteiger partial charge < -0.3 is 10.2 Å². The Morgan fingerprint density at radius 1 is 1.39 bits per heavy atom. The Balaban J connectivity index is 4.02. The molecular formula is C13H27NO3S. The summed E-state index contributed by atoms with van der Waals surface area (Å²) < 4.78 is 0. The highest BCUT2D eigenvalue weighted by atomic mass is 32.2. The van der Waals surface area contributed by atoms with E-state index in [2.05, 4.69) is 12.2 Å². The third kappa shape index (κ3) is 7.24. The predicted octanol–water partition coefficient (Wildman–Crippen LogP) is 2.11. The lowest BCUT2D eigenvalue weighted by molar-refractivity contribution is -0.144. The first-order chi connectivity index (χ1) is 8.31. The fourth-order valence-electron chi connectivity index (χ4n) is 1.85. The molecule has 0 amide bonds. The van der Waals surface area contributed by atoms with E-state index in [1.54, 1.807) is 18.7 Å². The van der Waals surface area contributed by atoms with Gasteiger partial charge in [-0.15, -0.1) is 0 Å². The van der Waals surface area contributed by atoms with Crippen LogP contribution in [-0.2, 0) is 4.79 Å². The molecule has 5 heteroatoms. The second-order valence-electron chi connectivity index (χ2n) is 5.23. The van der Waals surface area contributed by atoms with Crippen molar-refractivity contribution < 1.29 is 15.0 Å². The lowest BCUT2D eigenvalue weighted by Gasteiger charge is -2.28. The van der Waals surface area contributed by atoms with Crippen molar-refractivity contribution in [2.24, 2.45) is 0 Å². The molecule has 0 aromatic rings. The van der Waals surface area contributed by atoms with Gasteiger partial charge in [0.2, 0.25) is 0 Å². The van der Waals surface area contributed by atoms with Crippen molar-refractivity contribution in [1.82, 2.24) is 5.32 Å². The maximum atomic E-state index is 11.3. The second-order valence-corrected chi connectivity index (χ2v) is 6.78. The smallest absolute Gasteiger partial charge is 0.323 e. The van der Waals surface area contributed by atoms with Crippen LogP contribution in [0.5, 0.6) is 0 Å². The molecule has 18 heavy (non-hydrogen) atoms. The molecule has 0 heterocycles. The van der Waals surface area contributed by atoms with Crippen LogP contribution in [0.2, 0.25) is 0 Å². The standard InChI is InChI=1S/C13H27NO3S/c1-10(2)14-13(4,12(16)17)7-5-9-18-11(3)6-8-15/h10-11,14-15H,5-9H2,1-4H3,(H,16,17). The van der Waals surface area contributed by atoms with Crippen LogP contribution in [0.25, 0.3) is 0 Å². The third-order valence-corrected chi connectivity index (χ3v) is 4.17. The fourth-order valence-corrected chi connectivity index (χ4v) is 2.84. The van der Waals surface area contributed by atoms with Crippen molar-refractivity contribution in [3.63, 3.8) is 0 Å². The van der Waals surface area contributed by atoms with Gasteiger partial charge in [0.1, 0.15) is 5.54 Å². The number of carboxylic acids is 1. The Kier molecular flexibility index (Phi) is 8.65. The lowest BCUT2D eigenvalue weighted by atomic mass is 9.95. The van der Waals surface area contributed by atoms with E-state index >= 15 is 0 Å². The number of carbonyl (C=O) groups is 1. The highest BCUT2D eigenvalue weighted by Gasteiger charge is 2.32.